The third-order valence-electron chi connectivity index (χ3n) is 16.1. The summed E-state index contributed by atoms with van der Waals surface area (Å²) in [7, 11) is 5.19. The second-order valence-corrected chi connectivity index (χ2v) is 23.1. The first kappa shape index (κ1) is 67.8. The minimum absolute atomic E-state index is 0.0755. The molecule has 15 unspecified atom stereocenters. The van der Waals surface area contributed by atoms with Crippen LogP contribution in [0.2, 0.25) is 0 Å². The topological polar surface area (TPSA) is 237 Å². The third-order valence-corrected chi connectivity index (χ3v) is 16.1. The van der Waals surface area contributed by atoms with E-state index in [9.17, 15) is 39.6 Å². The Labute approximate surface area is 445 Å². The molecule has 18 atom stereocenters. The Hall–Kier alpha value is -2.32. The lowest BCUT2D eigenvalue weighted by molar-refractivity contribution is -0.318. The van der Waals surface area contributed by atoms with Gasteiger partial charge >= 0.3 is 17.9 Å². The molecule has 0 aliphatic carbocycles. The van der Waals surface area contributed by atoms with Gasteiger partial charge in [-0.25, -0.2) is 0 Å². The molecule has 0 aromatic carbocycles. The van der Waals surface area contributed by atoms with Crippen molar-refractivity contribution in [3.63, 3.8) is 0 Å². The van der Waals surface area contributed by atoms with Crippen molar-refractivity contribution in [2.45, 2.75) is 296 Å². The maximum absolute atomic E-state index is 14.2. The Bertz CT molecular complexity index is 1640. The van der Waals surface area contributed by atoms with Crippen LogP contribution in [0.3, 0.4) is 0 Å². The molecule has 0 radical (unpaired) electrons. The van der Waals surface area contributed by atoms with Crippen molar-refractivity contribution in [3.8, 4) is 0 Å². The van der Waals surface area contributed by atoms with Gasteiger partial charge < -0.3 is 63.6 Å². The van der Waals surface area contributed by atoms with E-state index >= 15 is 0 Å². The molecule has 5 N–H and O–H groups in total. The van der Waals surface area contributed by atoms with Crippen LogP contribution in [-0.4, -0.2) is 160 Å². The van der Waals surface area contributed by atoms with E-state index in [1.165, 1.54) is 118 Å². The van der Waals surface area contributed by atoms with E-state index in [4.69, 9.17) is 38.3 Å². The number of cyclic esters (lactones) is 1. The lowest BCUT2D eigenvalue weighted by atomic mass is 9.74. The van der Waals surface area contributed by atoms with Crippen LogP contribution in [0, 0.1) is 23.7 Å². The Morgan fingerprint density at radius 2 is 1.26 bits per heavy atom. The number of hydrogen-bond donors (Lipinski definition) is 5. The Kier molecular flexibility index (Phi) is 29.8. The molecule has 434 valence electrons. The van der Waals surface area contributed by atoms with Crippen LogP contribution in [0.5, 0.6) is 0 Å². The number of carboxylic acids is 1. The van der Waals surface area contributed by atoms with Gasteiger partial charge in [0.1, 0.15) is 23.6 Å². The average molecular weight is 1060 g/mol. The number of ether oxygens (including phenoxy) is 7. The summed E-state index contributed by atoms with van der Waals surface area (Å²) in [6.45, 7) is 19.8. The van der Waals surface area contributed by atoms with Gasteiger partial charge in [0.25, 0.3) is 0 Å². The smallest absolute Gasteiger partial charge is 0.311 e. The Morgan fingerprint density at radius 1 is 0.730 bits per heavy atom. The number of aliphatic hydroxyl groups is 4. The molecule has 0 amide bonds. The first-order valence-electron chi connectivity index (χ1n) is 28.4. The number of methoxy groups -OCH3 is 1. The summed E-state index contributed by atoms with van der Waals surface area (Å²) < 4.78 is 43.3. The van der Waals surface area contributed by atoms with E-state index in [2.05, 4.69) is 6.92 Å². The quantitative estimate of drug-likeness (QED) is 0.0449. The van der Waals surface area contributed by atoms with Crippen LogP contribution in [-0.2, 0) is 52.3 Å². The number of ketones is 1. The van der Waals surface area contributed by atoms with Gasteiger partial charge in [-0.3, -0.25) is 19.2 Å². The number of hydrogen-bond acceptors (Lipinski definition) is 16. The minimum Gasteiger partial charge on any atom is -0.481 e. The summed E-state index contributed by atoms with van der Waals surface area (Å²) in [6.07, 6.45) is 10.4. The van der Waals surface area contributed by atoms with Gasteiger partial charge in [-0.15, -0.1) is 0 Å². The van der Waals surface area contributed by atoms with Gasteiger partial charge in [-0.05, 0) is 81.3 Å². The molecule has 0 aromatic heterocycles. The predicted octanol–water partition coefficient (Wildman–Crippen LogP) is 8.69. The molecule has 3 fully saturated rings. The number of carbonyl (C=O) groups excluding carboxylic acids is 3. The number of carbonyl (C=O) groups is 4. The van der Waals surface area contributed by atoms with Gasteiger partial charge in [-0.2, -0.15) is 0 Å². The standard InChI is InChI=1S/C39H69NO14.C18H36O2/c1-15-27-39(11,47)32(43)21(4)29(42)19(2)17-37(9,46)34(54-36-31(51-25(8)41)26(40(12)13)16-20(3)49-36)22(5)30(23(6)35(45)52-27)53-28-18-38(10,48-14)33(44)24(7)50-28;1-2-3-4-5-6-7-8-9-10-11-12-13-14-15-16-17-18(19)20/h19-24,26-28,30-34,36,43-44,46-47H,15-18H2,1-14H3;2-17H2,1H3,(H,19,20)/t19?,20?,21?,22?,23?,24?,26?,27?,28?,30?,31?,32?,33?,34?,36?,37-,38-,39-;/m1./s1. The van der Waals surface area contributed by atoms with Crippen LogP contribution in [0.1, 0.15) is 212 Å². The summed E-state index contributed by atoms with van der Waals surface area (Å²) in [4.78, 5) is 52.8. The average Bonchev–Trinajstić information content (AvgIpc) is 3.33. The second-order valence-electron chi connectivity index (χ2n) is 23.1. The third kappa shape index (κ3) is 20.8. The fourth-order valence-electron chi connectivity index (χ4n) is 11.4. The zero-order valence-electron chi connectivity index (χ0n) is 48.5. The monoisotopic (exact) mass is 1060 g/mol. The second kappa shape index (κ2) is 32.5. The number of unbranched alkanes of at least 4 members (excludes halogenated alkanes) is 14. The van der Waals surface area contributed by atoms with Crippen molar-refractivity contribution in [3.05, 3.63) is 0 Å². The van der Waals surface area contributed by atoms with Gasteiger partial charge in [0.05, 0.1) is 53.7 Å². The van der Waals surface area contributed by atoms with E-state index in [1.54, 1.807) is 41.5 Å². The number of rotatable bonds is 24. The lowest BCUT2D eigenvalue weighted by Gasteiger charge is -2.49. The van der Waals surface area contributed by atoms with Gasteiger partial charge in [0.2, 0.25) is 0 Å². The molecule has 3 saturated heterocycles. The Balaban J connectivity index is 0.000000788. The fourth-order valence-corrected chi connectivity index (χ4v) is 11.4. The highest BCUT2D eigenvalue weighted by Gasteiger charge is 2.54. The summed E-state index contributed by atoms with van der Waals surface area (Å²) in [5.74, 6) is -6.33. The van der Waals surface area contributed by atoms with Crippen molar-refractivity contribution >= 4 is 23.7 Å². The molecule has 17 heteroatoms. The number of nitrogens with zero attached hydrogens (tertiary/aromatic N) is 1. The molecule has 0 aromatic rings. The van der Waals surface area contributed by atoms with Crippen LogP contribution < -0.4 is 0 Å². The normalized spacial score (nSPS) is 37.6. The Morgan fingerprint density at radius 3 is 1.73 bits per heavy atom. The van der Waals surface area contributed by atoms with E-state index in [0.717, 1.165) is 12.8 Å². The maximum atomic E-state index is 14.2. The van der Waals surface area contributed by atoms with Crippen molar-refractivity contribution < 1.29 is 77.9 Å². The van der Waals surface area contributed by atoms with E-state index in [0.29, 0.717) is 12.8 Å². The van der Waals surface area contributed by atoms with Crippen LogP contribution in [0.25, 0.3) is 0 Å². The minimum atomic E-state index is -2.01. The number of carboxylic acid groups (broad SMARTS) is 1. The van der Waals surface area contributed by atoms with Crippen molar-refractivity contribution in [2.75, 3.05) is 21.2 Å². The van der Waals surface area contributed by atoms with Crippen LogP contribution in [0.4, 0.5) is 0 Å². The largest absolute Gasteiger partial charge is 0.481 e. The molecule has 74 heavy (non-hydrogen) atoms. The molecule has 3 aliphatic heterocycles. The maximum Gasteiger partial charge on any atom is 0.311 e. The number of aliphatic carboxylic acids is 1. The fraction of sp³-hybridized carbons (Fsp3) is 0.930. The molecule has 0 bridgehead atoms. The SMILES string of the molecule is CCC1OC(=O)C(C)C(OC2C[C@@](C)(OC)C(O)C(C)O2)C(C)C(OC2OC(C)CC(N(C)C)C2OC(C)=O)[C@](C)(O)CC(C)C(=O)C(C)C(O)[C@]1(C)O.CCCCCCCCCCCCCCCCCC(=O)O. The van der Waals surface area contributed by atoms with Crippen molar-refractivity contribution in [1.82, 2.24) is 4.90 Å². The number of Topliss-reactive ketones (excluding diaryl/α,β-unsaturated/α-hetero) is 1. The van der Waals surface area contributed by atoms with Gasteiger partial charge in [-0.1, -0.05) is 125 Å². The zero-order chi connectivity index (χ0) is 56.1. The molecule has 3 rings (SSSR count). The van der Waals surface area contributed by atoms with Gasteiger partial charge in [0.15, 0.2) is 18.7 Å². The van der Waals surface area contributed by atoms with Gasteiger partial charge in [0, 0.05) is 44.6 Å². The summed E-state index contributed by atoms with van der Waals surface area (Å²) in [5.41, 5.74) is -4.92. The molecule has 0 spiro atoms. The van der Waals surface area contributed by atoms with Crippen LogP contribution >= 0.6 is 0 Å². The first-order valence-corrected chi connectivity index (χ1v) is 28.4. The zero-order valence-corrected chi connectivity index (χ0v) is 48.5. The van der Waals surface area contributed by atoms with Crippen LogP contribution in [0.15, 0.2) is 0 Å². The van der Waals surface area contributed by atoms with E-state index in [-0.39, 0.29) is 31.4 Å². The van der Waals surface area contributed by atoms with Crippen molar-refractivity contribution in [1.29, 1.82) is 0 Å². The highest BCUT2D eigenvalue weighted by atomic mass is 16.7. The highest BCUT2D eigenvalue weighted by Crippen LogP contribution is 2.41. The molecule has 3 aliphatic rings. The summed E-state index contributed by atoms with van der Waals surface area (Å²) in [5, 5.41) is 55.0. The molecule has 0 saturated carbocycles. The van der Waals surface area contributed by atoms with E-state index in [1.807, 2.05) is 25.9 Å². The predicted molar refractivity (Wildman–Crippen MR) is 283 cm³/mol. The highest BCUT2D eigenvalue weighted by molar-refractivity contribution is 5.83. The molecular formula is C57H105NO16. The number of likely N-dealkylation sites (N-methyl/N-ethyl adjacent to an activating group) is 1. The summed E-state index contributed by atoms with van der Waals surface area (Å²) in [6, 6.07) is -0.320. The summed E-state index contributed by atoms with van der Waals surface area (Å²) >= 11 is 0. The van der Waals surface area contributed by atoms with Crippen molar-refractivity contribution in [2.24, 2.45) is 23.7 Å². The number of esters is 2. The first-order chi connectivity index (χ1) is 34.6. The molecule has 3 heterocycles. The molecular weight excluding hydrogens is 955 g/mol. The van der Waals surface area contributed by atoms with E-state index < -0.39 is 119 Å². The number of aliphatic hydroxyl groups excluding tert-OH is 2. The molecule has 17 nitrogen and oxygen atoms in total. The lowest BCUT2D eigenvalue weighted by Crippen LogP contribution is -2.61.